The van der Waals surface area contributed by atoms with E-state index in [0.717, 1.165) is 0 Å². The number of benzene rings is 1. The van der Waals surface area contributed by atoms with E-state index in [4.69, 9.17) is 22.3 Å². The lowest BCUT2D eigenvalue weighted by atomic mass is 10.0. The van der Waals surface area contributed by atoms with E-state index >= 15 is 0 Å². The lowest BCUT2D eigenvalue weighted by molar-refractivity contribution is -0.143. The summed E-state index contributed by atoms with van der Waals surface area (Å²) in [5, 5.41) is 35.6. The van der Waals surface area contributed by atoms with Crippen molar-refractivity contribution in [3.8, 4) is 5.75 Å². The number of rotatable bonds is 20. The number of carbonyl (C=O) groups is 5. The van der Waals surface area contributed by atoms with Crippen molar-refractivity contribution in [2.45, 2.75) is 82.0 Å². The molecule has 0 heterocycles. The summed E-state index contributed by atoms with van der Waals surface area (Å²) >= 11 is 0. The molecule has 1 aromatic rings. The Kier molecular flexibility index (Phi) is 15.9. The lowest BCUT2D eigenvalue weighted by Gasteiger charge is -2.25. The molecule has 0 saturated carbocycles. The first-order chi connectivity index (χ1) is 19.0. The third kappa shape index (κ3) is 13.4. The summed E-state index contributed by atoms with van der Waals surface area (Å²) in [6, 6.07) is 0.994. The molecule has 0 spiro atoms. The predicted molar refractivity (Wildman–Crippen MR) is 146 cm³/mol. The fourth-order valence-corrected chi connectivity index (χ4v) is 3.83. The molecule has 0 aliphatic heterocycles. The molecule has 0 fully saturated rings. The van der Waals surface area contributed by atoms with Crippen LogP contribution in [0.25, 0.3) is 0 Å². The van der Waals surface area contributed by atoms with Crippen molar-refractivity contribution < 1.29 is 39.3 Å². The minimum atomic E-state index is -1.40. The minimum Gasteiger partial charge on any atom is -0.508 e. The molecular formula is C26H42N6O8. The fraction of sp³-hybridized carbons (Fsp3) is 0.577. The standard InChI is InChI=1S/C26H42N6O8/c27-13-3-1-5-18(29)23(36)30-19(6-2-4-14-28)24(37)31-20(11-12-22(34)35)25(38)32-21(26(39)40)15-16-7-9-17(33)10-8-16/h7-10,18-21,33H,1-6,11-15,27-29H2,(H,30,36)(H,31,37)(H,32,38)(H,34,35)(H,39,40). The molecule has 14 nitrogen and oxygen atoms in total. The van der Waals surface area contributed by atoms with Crippen LogP contribution in [0.5, 0.6) is 5.75 Å². The molecule has 0 aromatic heterocycles. The van der Waals surface area contributed by atoms with Crippen LogP contribution in [0.2, 0.25) is 0 Å². The number of carboxylic acid groups (broad SMARTS) is 2. The monoisotopic (exact) mass is 566 g/mol. The summed E-state index contributed by atoms with van der Waals surface area (Å²) in [6.45, 7) is 0.818. The van der Waals surface area contributed by atoms with Gasteiger partial charge in [0.2, 0.25) is 17.7 Å². The number of hydrogen-bond donors (Lipinski definition) is 9. The number of phenolic OH excluding ortho intramolecular Hbond substituents is 1. The maximum absolute atomic E-state index is 13.2. The summed E-state index contributed by atoms with van der Waals surface area (Å²) < 4.78 is 0. The largest absolute Gasteiger partial charge is 0.508 e. The van der Waals surface area contributed by atoms with Crippen LogP contribution in [-0.4, -0.2) is 82.2 Å². The Bertz CT molecular complexity index is 974. The van der Waals surface area contributed by atoms with Crippen LogP contribution in [-0.2, 0) is 30.4 Å². The zero-order chi connectivity index (χ0) is 30.1. The van der Waals surface area contributed by atoms with E-state index in [2.05, 4.69) is 16.0 Å². The Morgan fingerprint density at radius 2 is 1.20 bits per heavy atom. The number of carboxylic acids is 2. The van der Waals surface area contributed by atoms with E-state index in [1.54, 1.807) is 0 Å². The van der Waals surface area contributed by atoms with Gasteiger partial charge in [0.1, 0.15) is 23.9 Å². The smallest absolute Gasteiger partial charge is 0.326 e. The van der Waals surface area contributed by atoms with Gasteiger partial charge in [-0.15, -0.1) is 0 Å². The van der Waals surface area contributed by atoms with Gasteiger partial charge in [-0.2, -0.15) is 0 Å². The van der Waals surface area contributed by atoms with Gasteiger partial charge < -0.3 is 48.5 Å². The van der Waals surface area contributed by atoms with Gasteiger partial charge in [0.15, 0.2) is 0 Å². The van der Waals surface area contributed by atoms with Crippen molar-refractivity contribution in [3.63, 3.8) is 0 Å². The second kappa shape index (κ2) is 18.5. The maximum atomic E-state index is 13.2. The van der Waals surface area contributed by atoms with Crippen molar-refractivity contribution in [2.75, 3.05) is 13.1 Å². The molecule has 40 heavy (non-hydrogen) atoms. The van der Waals surface area contributed by atoms with Gasteiger partial charge in [-0.05, 0) is 69.3 Å². The number of aromatic hydroxyl groups is 1. The molecule has 0 aliphatic carbocycles. The highest BCUT2D eigenvalue weighted by Gasteiger charge is 2.30. The van der Waals surface area contributed by atoms with Crippen LogP contribution in [0.1, 0.15) is 56.9 Å². The number of amides is 3. The zero-order valence-electron chi connectivity index (χ0n) is 22.5. The van der Waals surface area contributed by atoms with Crippen LogP contribution in [0, 0.1) is 0 Å². The number of carbonyl (C=O) groups excluding carboxylic acids is 3. The highest BCUT2D eigenvalue weighted by molar-refractivity contribution is 5.94. The van der Waals surface area contributed by atoms with Crippen LogP contribution < -0.4 is 33.2 Å². The second-order valence-electron chi connectivity index (χ2n) is 9.50. The molecule has 12 N–H and O–H groups in total. The average Bonchev–Trinajstić information content (AvgIpc) is 2.90. The van der Waals surface area contributed by atoms with Crippen molar-refractivity contribution in [1.29, 1.82) is 0 Å². The van der Waals surface area contributed by atoms with Gasteiger partial charge in [0, 0.05) is 12.8 Å². The molecular weight excluding hydrogens is 524 g/mol. The summed E-state index contributed by atoms with van der Waals surface area (Å²) in [7, 11) is 0. The summed E-state index contributed by atoms with van der Waals surface area (Å²) in [4.78, 5) is 61.9. The van der Waals surface area contributed by atoms with Crippen LogP contribution in [0.3, 0.4) is 0 Å². The molecule has 14 heteroatoms. The number of hydrogen-bond acceptors (Lipinski definition) is 9. The highest BCUT2D eigenvalue weighted by atomic mass is 16.4. The molecule has 4 unspecified atom stereocenters. The molecule has 0 saturated heterocycles. The van der Waals surface area contributed by atoms with Crippen LogP contribution in [0.4, 0.5) is 0 Å². The molecule has 4 atom stereocenters. The molecule has 0 aliphatic rings. The van der Waals surface area contributed by atoms with Gasteiger partial charge in [0.25, 0.3) is 0 Å². The molecule has 3 amide bonds. The van der Waals surface area contributed by atoms with Gasteiger partial charge in [-0.1, -0.05) is 18.6 Å². The third-order valence-electron chi connectivity index (χ3n) is 6.16. The molecule has 0 radical (unpaired) electrons. The number of nitrogens with one attached hydrogen (secondary N) is 3. The first kappa shape index (κ1) is 34.3. The van der Waals surface area contributed by atoms with E-state index in [1.807, 2.05) is 0 Å². The quantitative estimate of drug-likeness (QED) is 0.0857. The Morgan fingerprint density at radius 3 is 1.73 bits per heavy atom. The topological polar surface area (TPSA) is 260 Å². The van der Waals surface area contributed by atoms with Crippen molar-refractivity contribution in [1.82, 2.24) is 16.0 Å². The maximum Gasteiger partial charge on any atom is 0.326 e. The predicted octanol–water partition coefficient (Wildman–Crippen LogP) is -1.08. The number of unbranched alkanes of at least 4 members (excludes halogenated alkanes) is 2. The van der Waals surface area contributed by atoms with Gasteiger partial charge in [-0.3, -0.25) is 19.2 Å². The Morgan fingerprint density at radius 1 is 0.700 bits per heavy atom. The van der Waals surface area contributed by atoms with E-state index < -0.39 is 60.2 Å². The minimum absolute atomic E-state index is 0.0132. The Hall–Kier alpha value is -3.75. The van der Waals surface area contributed by atoms with Gasteiger partial charge in [0.05, 0.1) is 6.04 Å². The molecule has 224 valence electrons. The van der Waals surface area contributed by atoms with Crippen LogP contribution in [0.15, 0.2) is 24.3 Å². The van der Waals surface area contributed by atoms with Crippen molar-refractivity contribution in [2.24, 2.45) is 17.2 Å². The van der Waals surface area contributed by atoms with E-state index in [1.165, 1.54) is 24.3 Å². The Balaban J connectivity index is 3.02. The van der Waals surface area contributed by atoms with Crippen molar-refractivity contribution in [3.05, 3.63) is 29.8 Å². The van der Waals surface area contributed by atoms with Gasteiger partial charge >= 0.3 is 11.9 Å². The van der Waals surface area contributed by atoms with Crippen molar-refractivity contribution >= 4 is 29.7 Å². The van der Waals surface area contributed by atoms with Crippen LogP contribution >= 0.6 is 0 Å². The summed E-state index contributed by atoms with van der Waals surface area (Å²) in [6.07, 6.45) is 2.00. The SMILES string of the molecule is NCCCCC(N)C(=O)NC(CCCCN)C(=O)NC(CCC(=O)O)C(=O)NC(Cc1ccc(O)cc1)C(=O)O. The van der Waals surface area contributed by atoms with E-state index in [-0.39, 0.29) is 25.0 Å². The number of nitrogens with two attached hydrogens (primary N) is 3. The van der Waals surface area contributed by atoms with Gasteiger partial charge in [-0.25, -0.2) is 4.79 Å². The summed E-state index contributed by atoms with van der Waals surface area (Å²) in [5.74, 6) is -4.78. The van der Waals surface area contributed by atoms with E-state index in [0.29, 0.717) is 50.8 Å². The first-order valence-electron chi connectivity index (χ1n) is 13.3. The summed E-state index contributed by atoms with van der Waals surface area (Å²) in [5.41, 5.74) is 17.5. The highest BCUT2D eigenvalue weighted by Crippen LogP contribution is 2.12. The fourth-order valence-electron chi connectivity index (χ4n) is 3.83. The lowest BCUT2D eigenvalue weighted by Crippen LogP contribution is -2.57. The number of phenols is 1. The number of aliphatic carboxylic acids is 2. The molecule has 1 aromatic carbocycles. The molecule has 1 rings (SSSR count). The zero-order valence-corrected chi connectivity index (χ0v) is 22.5. The molecule has 0 bridgehead atoms. The average molecular weight is 567 g/mol. The normalized spacial score (nSPS) is 13.9. The second-order valence-corrected chi connectivity index (χ2v) is 9.50. The first-order valence-corrected chi connectivity index (χ1v) is 13.3. The van der Waals surface area contributed by atoms with E-state index in [9.17, 15) is 34.2 Å². The Labute approximate surface area is 233 Å². The third-order valence-corrected chi connectivity index (χ3v) is 6.16.